The van der Waals surface area contributed by atoms with Crippen molar-refractivity contribution < 1.29 is 29.7 Å². The average Bonchev–Trinajstić information content (AvgIpc) is 2.59. The molecule has 1 aromatic rings. The first-order valence-corrected chi connectivity index (χ1v) is 7.27. The fourth-order valence-electron chi connectivity index (χ4n) is 2.06. The third-order valence-corrected chi connectivity index (χ3v) is 3.21. The maximum Gasteiger partial charge on any atom is 0.267 e. The molecule has 0 aliphatic heterocycles. The van der Waals surface area contributed by atoms with E-state index in [-0.39, 0.29) is 13.2 Å². The lowest BCUT2D eigenvalue weighted by Crippen LogP contribution is -2.21. The molecule has 4 N–H and O–H groups in total. The van der Waals surface area contributed by atoms with Crippen molar-refractivity contribution in [2.45, 2.75) is 25.0 Å². The fraction of sp³-hybridized carbons (Fsp3) is 0.438. The Labute approximate surface area is 135 Å². The van der Waals surface area contributed by atoms with E-state index in [2.05, 4.69) is 0 Å². The summed E-state index contributed by atoms with van der Waals surface area (Å²) in [5.41, 5.74) is 2.14. The van der Waals surface area contributed by atoms with Crippen LogP contribution in [0.15, 0.2) is 36.4 Å². The van der Waals surface area contributed by atoms with E-state index in [9.17, 15) is 9.90 Å². The van der Waals surface area contributed by atoms with Gasteiger partial charge in [-0.25, -0.2) is 5.48 Å². The zero-order valence-electron chi connectivity index (χ0n) is 13.0. The summed E-state index contributed by atoms with van der Waals surface area (Å²) >= 11 is 0. The molecule has 0 aromatic heterocycles. The smallest absolute Gasteiger partial charge is 0.267 e. The molecule has 0 saturated heterocycles. The maximum absolute atomic E-state index is 10.8. The molecule has 0 aliphatic rings. The van der Waals surface area contributed by atoms with Crippen LogP contribution in [0, 0.1) is 0 Å². The highest BCUT2D eigenvalue weighted by molar-refractivity contribution is 5.86. The van der Waals surface area contributed by atoms with Crippen molar-refractivity contribution in [3.8, 4) is 5.75 Å². The minimum absolute atomic E-state index is 0.0821. The lowest BCUT2D eigenvalue weighted by atomic mass is 10.0. The van der Waals surface area contributed by atoms with Gasteiger partial charge in [0.1, 0.15) is 18.5 Å². The van der Waals surface area contributed by atoms with Crippen molar-refractivity contribution >= 4 is 5.91 Å². The highest BCUT2D eigenvalue weighted by Crippen LogP contribution is 2.25. The van der Waals surface area contributed by atoms with Gasteiger partial charge in [-0.15, -0.1) is 0 Å². The second-order valence-electron chi connectivity index (χ2n) is 4.82. The minimum atomic E-state index is -0.849. The van der Waals surface area contributed by atoms with Gasteiger partial charge in [-0.2, -0.15) is 0 Å². The quantitative estimate of drug-likeness (QED) is 0.290. The number of hydroxylamine groups is 1. The Morgan fingerprint density at radius 1 is 1.43 bits per heavy atom. The second-order valence-corrected chi connectivity index (χ2v) is 4.82. The first-order valence-electron chi connectivity index (χ1n) is 7.27. The van der Waals surface area contributed by atoms with Crippen LogP contribution in [0.25, 0.3) is 0 Å². The number of nitrogens with one attached hydrogen (secondary N) is 1. The number of allylic oxidation sites excluding steroid dienone is 1. The molecule has 7 heteroatoms. The van der Waals surface area contributed by atoms with E-state index in [0.717, 1.165) is 0 Å². The predicted octanol–water partition coefficient (Wildman–Crippen LogP) is 0.948. The Morgan fingerprint density at radius 2 is 2.22 bits per heavy atom. The Bertz CT molecular complexity index is 505. The zero-order chi connectivity index (χ0) is 17.1. The molecule has 1 rings (SSSR count). The van der Waals surface area contributed by atoms with Crippen LogP contribution in [0.1, 0.15) is 24.5 Å². The summed E-state index contributed by atoms with van der Waals surface area (Å²) in [4.78, 5) is 10.8. The number of amides is 1. The molecule has 0 radical (unpaired) electrons. The number of rotatable bonds is 10. The summed E-state index contributed by atoms with van der Waals surface area (Å²) in [6.07, 6.45) is 2.49. The van der Waals surface area contributed by atoms with Crippen LogP contribution in [0.4, 0.5) is 0 Å². The number of hydrogen-bond acceptors (Lipinski definition) is 6. The van der Waals surface area contributed by atoms with Crippen molar-refractivity contribution in [2.75, 3.05) is 20.3 Å². The van der Waals surface area contributed by atoms with Crippen LogP contribution in [0.3, 0.4) is 0 Å². The van der Waals surface area contributed by atoms with Gasteiger partial charge in [0, 0.05) is 13.2 Å². The Morgan fingerprint density at radius 3 is 2.87 bits per heavy atom. The van der Waals surface area contributed by atoms with Crippen LogP contribution in [-0.4, -0.2) is 47.8 Å². The number of carbonyl (C=O) groups excluding carboxylic acids is 1. The van der Waals surface area contributed by atoms with Gasteiger partial charge in [0.25, 0.3) is 5.91 Å². The summed E-state index contributed by atoms with van der Waals surface area (Å²) in [5.74, 6) is -0.0433. The third kappa shape index (κ3) is 6.79. The van der Waals surface area contributed by atoms with E-state index >= 15 is 0 Å². The van der Waals surface area contributed by atoms with Gasteiger partial charge in [0.15, 0.2) is 0 Å². The molecule has 1 amide bonds. The lowest BCUT2D eigenvalue weighted by Gasteiger charge is -2.22. The summed E-state index contributed by atoms with van der Waals surface area (Å²) in [5, 5.41) is 27.5. The molecule has 128 valence electrons. The van der Waals surface area contributed by atoms with Crippen molar-refractivity contribution in [1.29, 1.82) is 0 Å². The predicted molar refractivity (Wildman–Crippen MR) is 83.1 cm³/mol. The molecule has 0 unspecified atom stereocenters. The molecular weight excluding hydrogens is 302 g/mol. The van der Waals surface area contributed by atoms with Gasteiger partial charge < -0.3 is 19.7 Å². The number of aliphatic hydroxyl groups is 2. The van der Waals surface area contributed by atoms with Crippen LogP contribution < -0.4 is 10.2 Å². The molecule has 0 heterocycles. The maximum atomic E-state index is 10.8. The first kappa shape index (κ1) is 19.1. The number of benzene rings is 1. The van der Waals surface area contributed by atoms with Gasteiger partial charge >= 0.3 is 0 Å². The molecule has 0 fully saturated rings. The Balaban J connectivity index is 2.63. The van der Waals surface area contributed by atoms with Gasteiger partial charge in [0.05, 0.1) is 12.7 Å². The number of ether oxygens (including phenoxy) is 2. The molecule has 0 saturated carbocycles. The summed E-state index contributed by atoms with van der Waals surface area (Å²) < 4.78 is 10.6. The minimum Gasteiger partial charge on any atom is -0.491 e. The zero-order valence-corrected chi connectivity index (χ0v) is 13.0. The van der Waals surface area contributed by atoms with Crippen LogP contribution in [-0.2, 0) is 9.53 Å². The highest BCUT2D eigenvalue weighted by atomic mass is 16.5. The van der Waals surface area contributed by atoms with Crippen molar-refractivity contribution in [3.05, 3.63) is 42.0 Å². The molecule has 0 bridgehead atoms. The Kier molecular flexibility index (Phi) is 8.93. The number of aliphatic hydroxyl groups excluding tert-OH is 2. The van der Waals surface area contributed by atoms with E-state index < -0.39 is 18.1 Å². The van der Waals surface area contributed by atoms with Crippen LogP contribution in [0.5, 0.6) is 5.75 Å². The van der Waals surface area contributed by atoms with E-state index in [4.69, 9.17) is 19.8 Å². The van der Waals surface area contributed by atoms with Gasteiger partial charge in [-0.05, 0) is 30.5 Å². The van der Waals surface area contributed by atoms with Gasteiger partial charge in [-0.3, -0.25) is 10.0 Å². The Hall–Kier alpha value is -1.93. The first-order chi connectivity index (χ1) is 11.1. The number of carbonyl (C=O) groups is 1. The SMILES string of the molecule is CO[C@@H](CC/C=C/C(=O)NO)[C@@H](O)c1cccc(OCCO)c1. The molecule has 1 aromatic carbocycles. The normalized spacial score (nSPS) is 13.7. The van der Waals surface area contributed by atoms with Crippen LogP contribution in [0.2, 0.25) is 0 Å². The van der Waals surface area contributed by atoms with Crippen molar-refractivity contribution in [1.82, 2.24) is 5.48 Å². The standard InChI is InChI=1S/C16H23NO6/c1-22-14(7-2-3-8-15(19)17-21)16(20)12-5-4-6-13(11-12)23-10-9-18/h3-6,8,11,14,16,18,20-21H,2,7,9-10H2,1H3,(H,17,19)/b8-3+/t14-,16-/m0/s1. The molecule has 0 aliphatic carbocycles. The van der Waals surface area contributed by atoms with E-state index in [1.807, 2.05) is 0 Å². The second kappa shape index (κ2) is 10.7. The highest BCUT2D eigenvalue weighted by Gasteiger charge is 2.20. The number of methoxy groups -OCH3 is 1. The van der Waals surface area contributed by atoms with Crippen molar-refractivity contribution in [2.24, 2.45) is 0 Å². The van der Waals surface area contributed by atoms with Crippen molar-refractivity contribution in [3.63, 3.8) is 0 Å². The molecule has 2 atom stereocenters. The molecule has 0 spiro atoms. The molecule has 7 nitrogen and oxygen atoms in total. The van der Waals surface area contributed by atoms with E-state index in [1.54, 1.807) is 30.3 Å². The monoisotopic (exact) mass is 325 g/mol. The molecular formula is C16H23NO6. The lowest BCUT2D eigenvalue weighted by molar-refractivity contribution is -0.124. The summed E-state index contributed by atoms with van der Waals surface area (Å²) in [6, 6.07) is 6.95. The number of hydrogen-bond donors (Lipinski definition) is 4. The summed E-state index contributed by atoms with van der Waals surface area (Å²) in [7, 11) is 1.50. The van der Waals surface area contributed by atoms with Gasteiger partial charge in [0.2, 0.25) is 0 Å². The van der Waals surface area contributed by atoms with E-state index in [0.29, 0.717) is 24.2 Å². The molecule has 23 heavy (non-hydrogen) atoms. The van der Waals surface area contributed by atoms with Crippen LogP contribution >= 0.6 is 0 Å². The van der Waals surface area contributed by atoms with Gasteiger partial charge in [-0.1, -0.05) is 18.2 Å². The fourth-order valence-corrected chi connectivity index (χ4v) is 2.06. The average molecular weight is 325 g/mol. The van der Waals surface area contributed by atoms with E-state index in [1.165, 1.54) is 18.7 Å². The largest absolute Gasteiger partial charge is 0.491 e. The topological polar surface area (TPSA) is 108 Å². The third-order valence-electron chi connectivity index (χ3n) is 3.21. The summed E-state index contributed by atoms with van der Waals surface area (Å²) in [6.45, 7) is 0.103.